The Morgan fingerprint density at radius 2 is 1.85 bits per heavy atom. The maximum atomic E-state index is 11.6. The van der Waals surface area contributed by atoms with Crippen molar-refractivity contribution in [1.29, 1.82) is 0 Å². The Bertz CT molecular complexity index is 1010. The number of nitrogens with zero attached hydrogens (tertiary/aromatic N) is 3. The van der Waals surface area contributed by atoms with Crippen LogP contribution in [0.2, 0.25) is 0 Å². The van der Waals surface area contributed by atoms with Crippen molar-refractivity contribution in [2.24, 2.45) is 0 Å². The summed E-state index contributed by atoms with van der Waals surface area (Å²) >= 11 is 0. The Labute approximate surface area is 165 Å². The highest BCUT2D eigenvalue weighted by atomic mass is 35.5. The van der Waals surface area contributed by atoms with Crippen molar-refractivity contribution in [2.45, 2.75) is 6.54 Å². The van der Waals surface area contributed by atoms with Crippen molar-refractivity contribution in [2.75, 3.05) is 32.4 Å². The lowest BCUT2D eigenvalue weighted by atomic mass is 10.1. The van der Waals surface area contributed by atoms with Crippen molar-refractivity contribution in [3.8, 4) is 11.1 Å². The van der Waals surface area contributed by atoms with E-state index in [1.165, 1.54) is 10.6 Å². The number of sulfonamides is 1. The summed E-state index contributed by atoms with van der Waals surface area (Å²) in [6.45, 7) is 3.18. The molecule has 8 heteroatoms. The van der Waals surface area contributed by atoms with Crippen LogP contribution in [0.5, 0.6) is 0 Å². The zero-order chi connectivity index (χ0) is 18.1. The minimum Gasteiger partial charge on any atom is -0.460 e. The molecule has 1 fully saturated rings. The predicted octanol–water partition coefficient (Wildman–Crippen LogP) is 2.99. The molecule has 0 saturated carbocycles. The predicted molar refractivity (Wildman–Crippen MR) is 108 cm³/mol. The second-order valence-corrected chi connectivity index (χ2v) is 8.63. The van der Waals surface area contributed by atoms with Gasteiger partial charge in [-0.1, -0.05) is 12.1 Å². The van der Waals surface area contributed by atoms with Crippen LogP contribution in [0.25, 0.3) is 22.1 Å². The summed E-state index contributed by atoms with van der Waals surface area (Å²) < 4.78 is 30.7. The van der Waals surface area contributed by atoms with Crippen molar-refractivity contribution < 1.29 is 12.8 Å². The molecule has 1 aliphatic rings. The molecule has 4 rings (SSSR count). The largest absolute Gasteiger partial charge is 0.460 e. The van der Waals surface area contributed by atoms with E-state index < -0.39 is 10.0 Å². The van der Waals surface area contributed by atoms with Gasteiger partial charge in [0.2, 0.25) is 10.0 Å². The van der Waals surface area contributed by atoms with Crippen molar-refractivity contribution in [1.82, 2.24) is 14.2 Å². The van der Waals surface area contributed by atoms with Crippen LogP contribution in [0.4, 0.5) is 0 Å². The molecule has 2 aromatic heterocycles. The molecule has 144 valence electrons. The van der Waals surface area contributed by atoms with Gasteiger partial charge in [-0.25, -0.2) is 8.42 Å². The van der Waals surface area contributed by atoms with Crippen LogP contribution in [0.3, 0.4) is 0 Å². The molecule has 0 atom stereocenters. The zero-order valence-electron chi connectivity index (χ0n) is 15.0. The van der Waals surface area contributed by atoms with E-state index in [1.807, 2.05) is 30.5 Å². The Hall–Kier alpha value is -1.93. The average Bonchev–Trinajstić information content (AvgIpc) is 3.03. The molecule has 0 bridgehead atoms. The lowest BCUT2D eigenvalue weighted by molar-refractivity contribution is 0.172. The highest BCUT2D eigenvalue weighted by Gasteiger charge is 2.23. The third kappa shape index (κ3) is 4.50. The topological polar surface area (TPSA) is 66.7 Å². The highest BCUT2D eigenvalue weighted by Crippen LogP contribution is 2.27. The summed E-state index contributed by atoms with van der Waals surface area (Å²) in [7, 11) is -3.10. The third-order valence-electron chi connectivity index (χ3n) is 4.74. The zero-order valence-corrected chi connectivity index (χ0v) is 16.7. The Balaban J connectivity index is 0.00000210. The van der Waals surface area contributed by atoms with E-state index in [0.29, 0.717) is 32.7 Å². The van der Waals surface area contributed by atoms with Crippen LogP contribution in [0.1, 0.15) is 5.76 Å². The Morgan fingerprint density at radius 3 is 2.52 bits per heavy atom. The third-order valence-corrected chi connectivity index (χ3v) is 6.05. The maximum absolute atomic E-state index is 11.6. The number of halogens is 1. The number of aromatic nitrogens is 1. The van der Waals surface area contributed by atoms with Crippen molar-refractivity contribution in [3.63, 3.8) is 0 Å². The van der Waals surface area contributed by atoms with Crippen LogP contribution >= 0.6 is 12.4 Å². The second kappa shape index (κ2) is 7.98. The molecular weight excluding hydrogens is 386 g/mol. The van der Waals surface area contributed by atoms with Gasteiger partial charge in [0.15, 0.2) is 0 Å². The second-order valence-electron chi connectivity index (χ2n) is 6.65. The first-order valence-electron chi connectivity index (χ1n) is 8.59. The fraction of sp³-hybridized carbons (Fsp3) is 0.316. The van der Waals surface area contributed by atoms with Gasteiger partial charge < -0.3 is 4.42 Å². The Morgan fingerprint density at radius 1 is 1.07 bits per heavy atom. The number of pyridine rings is 1. The summed E-state index contributed by atoms with van der Waals surface area (Å²) in [5.41, 5.74) is 3.05. The maximum Gasteiger partial charge on any atom is 0.211 e. The van der Waals surface area contributed by atoms with E-state index in [0.717, 1.165) is 27.9 Å². The molecular formula is C19H22ClN3O3S. The Kier molecular flexibility index (Phi) is 5.86. The molecule has 0 aliphatic carbocycles. The van der Waals surface area contributed by atoms with E-state index in [1.54, 1.807) is 6.20 Å². The van der Waals surface area contributed by atoms with Gasteiger partial charge in [0.05, 0.1) is 12.8 Å². The minimum absolute atomic E-state index is 0. The molecule has 0 spiro atoms. The van der Waals surface area contributed by atoms with E-state index in [-0.39, 0.29) is 12.4 Å². The smallest absolute Gasteiger partial charge is 0.211 e. The molecule has 6 nitrogen and oxygen atoms in total. The summed E-state index contributed by atoms with van der Waals surface area (Å²) in [6.07, 6.45) is 4.88. The fourth-order valence-electron chi connectivity index (χ4n) is 3.33. The molecule has 3 heterocycles. The molecule has 1 saturated heterocycles. The lowest BCUT2D eigenvalue weighted by Gasteiger charge is -2.32. The van der Waals surface area contributed by atoms with Gasteiger partial charge >= 0.3 is 0 Å². The first-order valence-corrected chi connectivity index (χ1v) is 10.4. The molecule has 27 heavy (non-hydrogen) atoms. The van der Waals surface area contributed by atoms with Gasteiger partial charge in [-0.2, -0.15) is 4.31 Å². The van der Waals surface area contributed by atoms with Crippen molar-refractivity contribution in [3.05, 3.63) is 54.6 Å². The molecule has 0 radical (unpaired) electrons. The average molecular weight is 408 g/mol. The molecule has 3 aromatic rings. The van der Waals surface area contributed by atoms with E-state index in [4.69, 9.17) is 4.42 Å². The molecule has 0 unspecified atom stereocenters. The van der Waals surface area contributed by atoms with Gasteiger partial charge in [-0.3, -0.25) is 9.88 Å². The number of rotatable bonds is 4. The van der Waals surface area contributed by atoms with Gasteiger partial charge in [0.25, 0.3) is 0 Å². The van der Waals surface area contributed by atoms with E-state index in [9.17, 15) is 8.42 Å². The van der Waals surface area contributed by atoms with E-state index in [2.05, 4.69) is 22.0 Å². The van der Waals surface area contributed by atoms with Crippen LogP contribution in [-0.4, -0.2) is 55.0 Å². The van der Waals surface area contributed by atoms with Crippen molar-refractivity contribution >= 4 is 33.4 Å². The first-order chi connectivity index (χ1) is 12.5. The fourth-order valence-corrected chi connectivity index (χ4v) is 4.16. The normalized spacial score (nSPS) is 16.3. The number of benzene rings is 1. The quantitative estimate of drug-likeness (QED) is 0.665. The summed E-state index contributed by atoms with van der Waals surface area (Å²) in [4.78, 5) is 6.39. The summed E-state index contributed by atoms with van der Waals surface area (Å²) in [5, 5.41) is 1.07. The summed E-state index contributed by atoms with van der Waals surface area (Å²) in [5.74, 6) is 0.899. The number of hydrogen-bond donors (Lipinski definition) is 0. The van der Waals surface area contributed by atoms with Gasteiger partial charge in [0, 0.05) is 49.5 Å². The SMILES string of the molecule is CS(=O)(=O)N1CCN(Cc2cc3cc(-c4cccnc4)ccc3o2)CC1.Cl. The number of fused-ring (bicyclic) bond motifs is 1. The lowest BCUT2D eigenvalue weighted by Crippen LogP contribution is -2.47. The van der Waals surface area contributed by atoms with Crippen LogP contribution in [0.15, 0.2) is 53.2 Å². The van der Waals surface area contributed by atoms with Gasteiger partial charge in [-0.05, 0) is 29.8 Å². The first kappa shape index (κ1) is 19.8. The number of piperazine rings is 1. The van der Waals surface area contributed by atoms with Gasteiger partial charge in [0.1, 0.15) is 11.3 Å². The van der Waals surface area contributed by atoms with Crippen LogP contribution < -0.4 is 0 Å². The number of hydrogen-bond acceptors (Lipinski definition) is 5. The monoisotopic (exact) mass is 407 g/mol. The van der Waals surface area contributed by atoms with Crippen LogP contribution in [0, 0.1) is 0 Å². The molecule has 1 aromatic carbocycles. The molecule has 1 aliphatic heterocycles. The summed E-state index contributed by atoms with van der Waals surface area (Å²) in [6, 6.07) is 12.2. The molecule has 0 N–H and O–H groups in total. The highest BCUT2D eigenvalue weighted by molar-refractivity contribution is 7.88. The van der Waals surface area contributed by atoms with E-state index >= 15 is 0 Å². The van der Waals surface area contributed by atoms with Crippen LogP contribution in [-0.2, 0) is 16.6 Å². The van der Waals surface area contributed by atoms with Gasteiger partial charge in [-0.15, -0.1) is 12.4 Å². The molecule has 0 amide bonds. The minimum atomic E-state index is -3.10. The number of furan rings is 1. The standard InChI is InChI=1S/C19H21N3O3S.ClH/c1-26(23,24)22-9-7-21(8-10-22)14-18-12-17-11-15(4-5-19(17)25-18)16-3-2-6-20-13-16;/h2-6,11-13H,7-10,14H2,1H3;1H.